The smallest absolute Gasteiger partial charge is 0.179 e. The van der Waals surface area contributed by atoms with Crippen LogP contribution in [0.25, 0.3) is 0 Å². The number of nitrogens with zero attached hydrogens (tertiary/aromatic N) is 1. The summed E-state index contributed by atoms with van der Waals surface area (Å²) in [4.78, 5) is 4.36. The van der Waals surface area contributed by atoms with Crippen LogP contribution in [0.3, 0.4) is 0 Å². The highest BCUT2D eigenvalue weighted by Crippen LogP contribution is 2.28. The molecule has 17 heavy (non-hydrogen) atoms. The third-order valence-electron chi connectivity index (χ3n) is 2.58. The van der Waals surface area contributed by atoms with Crippen LogP contribution in [-0.2, 0) is 0 Å². The molecule has 5 heteroatoms. The third-order valence-corrected chi connectivity index (χ3v) is 2.58. The highest BCUT2D eigenvalue weighted by Gasteiger charge is 2.20. The Hall–Kier alpha value is -1.94. The van der Waals surface area contributed by atoms with E-state index in [-0.39, 0.29) is 18.6 Å². The summed E-state index contributed by atoms with van der Waals surface area (Å²) in [5, 5.41) is 3.27. The molecular weight excluding hydrogens is 238 g/mol. The van der Waals surface area contributed by atoms with Gasteiger partial charge >= 0.3 is 0 Å². The van der Waals surface area contributed by atoms with Gasteiger partial charge < -0.3 is 15.5 Å². The summed E-state index contributed by atoms with van der Waals surface area (Å²) in [7, 11) is 0. The van der Waals surface area contributed by atoms with Crippen LogP contribution in [0.15, 0.2) is 52.1 Å². The average molecular weight is 250 g/mol. The number of amidine groups is 1. The number of anilines is 1. The maximum atomic E-state index is 5.91. The Morgan fingerprint density at radius 1 is 1.18 bits per heavy atom. The minimum Gasteiger partial charge on any atom is -0.465 e. The lowest BCUT2D eigenvalue weighted by molar-refractivity contribution is 0.484. The molecule has 0 fully saturated rings. The third kappa shape index (κ3) is 1.99. The molecule has 0 radical (unpaired) electrons. The lowest BCUT2D eigenvalue weighted by Gasteiger charge is -2.22. The van der Waals surface area contributed by atoms with E-state index in [1.54, 1.807) is 6.26 Å². The number of aliphatic imine (C=N–C) groups is 1. The quantitative estimate of drug-likeness (QED) is 0.816. The molecule has 0 bridgehead atoms. The largest absolute Gasteiger partial charge is 0.465 e. The molecule has 4 nitrogen and oxygen atoms in total. The minimum atomic E-state index is -0.232. The predicted molar refractivity (Wildman–Crippen MR) is 69.5 cm³/mol. The van der Waals surface area contributed by atoms with Gasteiger partial charge in [0.1, 0.15) is 11.6 Å². The fourth-order valence-electron chi connectivity index (χ4n) is 1.80. The zero-order valence-electron chi connectivity index (χ0n) is 8.96. The molecule has 1 aromatic carbocycles. The second-order valence-electron chi connectivity index (χ2n) is 3.62. The van der Waals surface area contributed by atoms with Gasteiger partial charge in [0.25, 0.3) is 0 Å². The van der Waals surface area contributed by atoms with Crippen LogP contribution in [-0.4, -0.2) is 5.84 Å². The highest BCUT2D eigenvalue weighted by atomic mass is 35.5. The molecule has 0 amide bonds. The van der Waals surface area contributed by atoms with Gasteiger partial charge in [-0.25, -0.2) is 4.99 Å². The lowest BCUT2D eigenvalue weighted by atomic mass is 10.1. The second kappa shape index (κ2) is 4.51. The number of fused-ring (bicyclic) bond motifs is 1. The Labute approximate surface area is 105 Å². The van der Waals surface area contributed by atoms with Crippen molar-refractivity contribution in [2.45, 2.75) is 6.17 Å². The van der Waals surface area contributed by atoms with Gasteiger partial charge in [0.2, 0.25) is 0 Å². The summed E-state index contributed by atoms with van der Waals surface area (Å²) < 4.78 is 5.31. The molecule has 1 atom stereocenters. The molecule has 88 valence electrons. The van der Waals surface area contributed by atoms with Crippen molar-refractivity contribution in [3.05, 3.63) is 54.0 Å². The van der Waals surface area contributed by atoms with E-state index >= 15 is 0 Å². The van der Waals surface area contributed by atoms with Crippen molar-refractivity contribution in [2.75, 3.05) is 5.32 Å². The van der Waals surface area contributed by atoms with Gasteiger partial charge in [-0.1, -0.05) is 12.1 Å². The van der Waals surface area contributed by atoms with Crippen LogP contribution in [0.1, 0.15) is 17.5 Å². The molecule has 0 aliphatic carbocycles. The number of hydrogen-bond donors (Lipinski definition) is 2. The van der Waals surface area contributed by atoms with Gasteiger partial charge in [0.15, 0.2) is 6.17 Å². The van der Waals surface area contributed by atoms with E-state index in [9.17, 15) is 0 Å². The van der Waals surface area contributed by atoms with Gasteiger partial charge in [-0.15, -0.1) is 12.4 Å². The van der Waals surface area contributed by atoms with E-state index in [0.29, 0.717) is 5.84 Å². The molecule has 1 aliphatic rings. The standard InChI is InChI=1S/C12H11N3O.ClH/c13-11-8-4-1-2-5-9(8)14-12(15-11)10-6-3-7-16-10;/h1-7,12,14H,(H2,13,15);1H. The van der Waals surface area contributed by atoms with Gasteiger partial charge in [0.05, 0.1) is 6.26 Å². The Morgan fingerprint density at radius 2 is 2.00 bits per heavy atom. The van der Waals surface area contributed by atoms with E-state index in [1.165, 1.54) is 0 Å². The Bertz CT molecular complexity index is 536. The van der Waals surface area contributed by atoms with Gasteiger partial charge in [-0.3, -0.25) is 0 Å². The summed E-state index contributed by atoms with van der Waals surface area (Å²) in [6.07, 6.45) is 1.40. The van der Waals surface area contributed by atoms with E-state index in [2.05, 4.69) is 10.3 Å². The lowest BCUT2D eigenvalue weighted by Crippen LogP contribution is -2.24. The predicted octanol–water partition coefficient (Wildman–Crippen LogP) is 2.53. The molecule has 2 aromatic rings. The van der Waals surface area contributed by atoms with E-state index in [1.807, 2.05) is 36.4 Å². The van der Waals surface area contributed by atoms with Crippen molar-refractivity contribution in [1.82, 2.24) is 0 Å². The number of para-hydroxylation sites is 1. The molecular formula is C12H12ClN3O. The molecule has 1 unspecified atom stereocenters. The molecule has 0 spiro atoms. The number of rotatable bonds is 1. The maximum Gasteiger partial charge on any atom is 0.179 e. The second-order valence-corrected chi connectivity index (χ2v) is 3.62. The fraction of sp³-hybridized carbons (Fsp3) is 0.0833. The summed E-state index contributed by atoms with van der Waals surface area (Å²) in [6.45, 7) is 0. The SMILES string of the molecule is Cl.NC1=NC(c2ccco2)Nc2ccccc21. The normalized spacial score (nSPS) is 17.4. The summed E-state index contributed by atoms with van der Waals surface area (Å²) in [6, 6.07) is 11.5. The van der Waals surface area contributed by atoms with Crippen molar-refractivity contribution in [3.63, 3.8) is 0 Å². The summed E-state index contributed by atoms with van der Waals surface area (Å²) >= 11 is 0. The molecule has 3 N–H and O–H groups in total. The van der Waals surface area contributed by atoms with Crippen molar-refractivity contribution < 1.29 is 4.42 Å². The zero-order chi connectivity index (χ0) is 11.0. The summed E-state index contributed by atoms with van der Waals surface area (Å²) in [5.41, 5.74) is 7.83. The van der Waals surface area contributed by atoms with Gasteiger partial charge in [-0.05, 0) is 24.3 Å². The van der Waals surface area contributed by atoms with Crippen LogP contribution in [0.2, 0.25) is 0 Å². The summed E-state index contributed by atoms with van der Waals surface area (Å²) in [5.74, 6) is 1.30. The molecule has 3 rings (SSSR count). The Morgan fingerprint density at radius 3 is 2.76 bits per heavy atom. The molecule has 2 heterocycles. The molecule has 0 saturated heterocycles. The topological polar surface area (TPSA) is 63.5 Å². The Balaban J connectivity index is 0.00000108. The first-order valence-corrected chi connectivity index (χ1v) is 5.07. The Kier molecular flexibility index (Phi) is 3.06. The van der Waals surface area contributed by atoms with Crippen molar-refractivity contribution in [1.29, 1.82) is 0 Å². The average Bonchev–Trinajstić information content (AvgIpc) is 2.82. The number of nitrogens with two attached hydrogens (primary N) is 1. The first-order chi connectivity index (χ1) is 7.84. The van der Waals surface area contributed by atoms with Crippen LogP contribution in [0.5, 0.6) is 0 Å². The number of hydrogen-bond acceptors (Lipinski definition) is 4. The fourth-order valence-corrected chi connectivity index (χ4v) is 1.80. The number of benzene rings is 1. The number of nitrogens with one attached hydrogen (secondary N) is 1. The zero-order valence-corrected chi connectivity index (χ0v) is 9.78. The minimum absolute atomic E-state index is 0. The van der Waals surface area contributed by atoms with Gasteiger partial charge in [0, 0.05) is 11.3 Å². The van der Waals surface area contributed by atoms with Crippen molar-refractivity contribution in [2.24, 2.45) is 10.7 Å². The van der Waals surface area contributed by atoms with E-state index in [0.717, 1.165) is 17.0 Å². The first kappa shape index (κ1) is 11.5. The first-order valence-electron chi connectivity index (χ1n) is 5.07. The van der Waals surface area contributed by atoms with E-state index in [4.69, 9.17) is 10.2 Å². The molecule has 1 aliphatic heterocycles. The van der Waals surface area contributed by atoms with Crippen molar-refractivity contribution in [3.8, 4) is 0 Å². The molecule has 1 aromatic heterocycles. The van der Waals surface area contributed by atoms with Crippen LogP contribution >= 0.6 is 12.4 Å². The van der Waals surface area contributed by atoms with Crippen LogP contribution in [0, 0.1) is 0 Å². The van der Waals surface area contributed by atoms with Gasteiger partial charge in [-0.2, -0.15) is 0 Å². The van der Waals surface area contributed by atoms with Crippen LogP contribution in [0.4, 0.5) is 5.69 Å². The number of furan rings is 1. The maximum absolute atomic E-state index is 5.91. The highest BCUT2D eigenvalue weighted by molar-refractivity contribution is 6.03. The van der Waals surface area contributed by atoms with Crippen LogP contribution < -0.4 is 11.1 Å². The monoisotopic (exact) mass is 249 g/mol. The van der Waals surface area contributed by atoms with E-state index < -0.39 is 0 Å². The number of halogens is 1. The van der Waals surface area contributed by atoms with Crippen molar-refractivity contribution >= 4 is 23.9 Å². The molecule has 0 saturated carbocycles.